The highest BCUT2D eigenvalue weighted by atomic mass is 16.5. The second-order valence-electron chi connectivity index (χ2n) is 7.16. The molecule has 0 aromatic carbocycles. The Kier molecular flexibility index (Phi) is 5.84. The van der Waals surface area contributed by atoms with E-state index in [4.69, 9.17) is 4.74 Å². The molecule has 2 aromatic rings. The Hall–Kier alpha value is -1.89. The fraction of sp³-hybridized carbons (Fsp3) is 0.550. The number of morpholine rings is 1. The van der Waals surface area contributed by atoms with E-state index in [1.54, 1.807) is 6.20 Å². The van der Waals surface area contributed by atoms with Crippen molar-refractivity contribution in [3.05, 3.63) is 42.4 Å². The molecule has 2 aliphatic heterocycles. The van der Waals surface area contributed by atoms with Crippen LogP contribution in [0.1, 0.15) is 24.8 Å². The van der Waals surface area contributed by atoms with Gasteiger partial charge in [-0.1, -0.05) is 12.5 Å². The molecule has 4 rings (SSSR count). The Morgan fingerprint density at radius 2 is 1.85 bits per heavy atom. The fourth-order valence-electron chi connectivity index (χ4n) is 3.85. The zero-order valence-corrected chi connectivity index (χ0v) is 15.3. The molecule has 26 heavy (non-hydrogen) atoms. The Morgan fingerprint density at radius 1 is 1.00 bits per heavy atom. The highest BCUT2D eigenvalue weighted by Crippen LogP contribution is 2.21. The van der Waals surface area contributed by atoms with Gasteiger partial charge in [0.1, 0.15) is 5.69 Å². The van der Waals surface area contributed by atoms with Gasteiger partial charge in [0.05, 0.1) is 13.2 Å². The number of rotatable bonds is 5. The Labute approximate surface area is 155 Å². The van der Waals surface area contributed by atoms with E-state index in [1.165, 1.54) is 24.8 Å². The van der Waals surface area contributed by atoms with Crippen molar-refractivity contribution in [1.29, 1.82) is 0 Å². The zero-order chi connectivity index (χ0) is 17.6. The summed E-state index contributed by atoms with van der Waals surface area (Å²) in [4.78, 5) is 18.5. The van der Waals surface area contributed by atoms with Crippen molar-refractivity contribution in [2.45, 2.75) is 31.8 Å². The smallest absolute Gasteiger partial charge is 0.178 e. The summed E-state index contributed by atoms with van der Waals surface area (Å²) < 4.78 is 5.48. The molecule has 6 nitrogen and oxygen atoms in total. The molecule has 138 valence electrons. The van der Waals surface area contributed by atoms with Crippen molar-refractivity contribution in [3.8, 4) is 11.5 Å². The number of hydrogen-bond donors (Lipinski definition) is 0. The van der Waals surface area contributed by atoms with Gasteiger partial charge in [-0.3, -0.25) is 14.8 Å². The molecule has 0 N–H and O–H groups in total. The molecule has 0 spiro atoms. The third-order valence-electron chi connectivity index (χ3n) is 5.31. The van der Waals surface area contributed by atoms with Gasteiger partial charge in [0.2, 0.25) is 0 Å². The van der Waals surface area contributed by atoms with Crippen LogP contribution in [0.5, 0.6) is 0 Å². The monoisotopic (exact) mass is 353 g/mol. The first-order chi connectivity index (χ1) is 12.9. The van der Waals surface area contributed by atoms with E-state index in [9.17, 15) is 0 Å². The zero-order valence-electron chi connectivity index (χ0n) is 15.3. The second kappa shape index (κ2) is 8.66. The summed E-state index contributed by atoms with van der Waals surface area (Å²) in [6.07, 6.45) is 9.59. The molecule has 0 radical (unpaired) electrons. The van der Waals surface area contributed by atoms with E-state index in [0.29, 0.717) is 11.9 Å². The van der Waals surface area contributed by atoms with Gasteiger partial charge in [-0.2, -0.15) is 0 Å². The number of piperidine rings is 1. The Bertz CT molecular complexity index is 672. The van der Waals surface area contributed by atoms with Gasteiger partial charge < -0.3 is 4.74 Å². The van der Waals surface area contributed by atoms with Crippen molar-refractivity contribution in [2.75, 3.05) is 39.4 Å². The first kappa shape index (κ1) is 17.5. The number of hydrogen-bond acceptors (Lipinski definition) is 6. The van der Waals surface area contributed by atoms with Gasteiger partial charge in [-0.15, -0.1) is 0 Å². The quantitative estimate of drug-likeness (QED) is 0.822. The molecular formula is C20H27N5O. The standard InChI is InChI=1S/C20H27N5O/c1-3-7-21-19(6-1)20-22-13-17(14-23-20)15-25-8-4-2-5-18(25)16-24-9-11-26-12-10-24/h1,3,6-7,13-14,18H,2,4-5,8-12,15-16H2/t18-/m1/s1. The van der Waals surface area contributed by atoms with Crippen LogP contribution in [0.2, 0.25) is 0 Å². The third-order valence-corrected chi connectivity index (χ3v) is 5.31. The lowest BCUT2D eigenvalue weighted by Gasteiger charge is -2.39. The van der Waals surface area contributed by atoms with Crippen molar-refractivity contribution in [1.82, 2.24) is 24.8 Å². The average molecular weight is 353 g/mol. The van der Waals surface area contributed by atoms with Crippen LogP contribution in [0.25, 0.3) is 11.5 Å². The van der Waals surface area contributed by atoms with Crippen LogP contribution in [-0.4, -0.2) is 70.2 Å². The summed E-state index contributed by atoms with van der Waals surface area (Å²) in [5.74, 6) is 0.692. The van der Waals surface area contributed by atoms with Crippen molar-refractivity contribution < 1.29 is 4.74 Å². The van der Waals surface area contributed by atoms with Crippen molar-refractivity contribution >= 4 is 0 Å². The van der Waals surface area contributed by atoms with E-state index in [0.717, 1.165) is 51.6 Å². The minimum absolute atomic E-state index is 0.623. The lowest BCUT2D eigenvalue weighted by atomic mass is 10.0. The summed E-state index contributed by atoms with van der Waals surface area (Å²) in [6, 6.07) is 6.43. The first-order valence-corrected chi connectivity index (χ1v) is 9.65. The van der Waals surface area contributed by atoms with Gasteiger partial charge in [-0.25, -0.2) is 9.97 Å². The molecule has 4 heterocycles. The first-order valence-electron chi connectivity index (χ1n) is 9.65. The van der Waals surface area contributed by atoms with E-state index in [1.807, 2.05) is 30.6 Å². The normalized spacial score (nSPS) is 22.4. The van der Waals surface area contributed by atoms with Gasteiger partial charge in [-0.05, 0) is 31.5 Å². The Balaban J connectivity index is 1.39. The molecule has 0 saturated carbocycles. The van der Waals surface area contributed by atoms with Crippen LogP contribution in [0, 0.1) is 0 Å². The van der Waals surface area contributed by atoms with Gasteiger partial charge in [0.15, 0.2) is 5.82 Å². The number of aromatic nitrogens is 3. The maximum Gasteiger partial charge on any atom is 0.178 e. The SMILES string of the molecule is c1ccc(-c2ncc(CN3CCCC[C@@H]3CN3CCOCC3)cn2)nc1. The highest BCUT2D eigenvalue weighted by Gasteiger charge is 2.25. The second-order valence-corrected chi connectivity index (χ2v) is 7.16. The molecular weight excluding hydrogens is 326 g/mol. The molecule has 2 aliphatic rings. The van der Waals surface area contributed by atoms with Crippen LogP contribution in [-0.2, 0) is 11.3 Å². The molecule has 0 bridgehead atoms. The number of ether oxygens (including phenoxy) is 1. The predicted molar refractivity (Wildman–Crippen MR) is 101 cm³/mol. The summed E-state index contributed by atoms with van der Waals surface area (Å²) in [5.41, 5.74) is 2.00. The highest BCUT2D eigenvalue weighted by molar-refractivity contribution is 5.47. The van der Waals surface area contributed by atoms with E-state index < -0.39 is 0 Å². The maximum atomic E-state index is 5.48. The van der Waals surface area contributed by atoms with E-state index in [-0.39, 0.29) is 0 Å². The van der Waals surface area contributed by atoms with Gasteiger partial charge in [0, 0.05) is 56.4 Å². The summed E-state index contributed by atoms with van der Waals surface area (Å²) in [5, 5.41) is 0. The third kappa shape index (κ3) is 4.44. The van der Waals surface area contributed by atoms with Crippen LogP contribution in [0.3, 0.4) is 0 Å². The summed E-state index contributed by atoms with van der Waals surface area (Å²) in [6.45, 7) is 7.11. The Morgan fingerprint density at radius 3 is 2.62 bits per heavy atom. The molecule has 1 atom stereocenters. The molecule has 0 unspecified atom stereocenters. The van der Waals surface area contributed by atoms with Crippen LogP contribution < -0.4 is 0 Å². The largest absolute Gasteiger partial charge is 0.379 e. The minimum Gasteiger partial charge on any atom is -0.379 e. The fourth-order valence-corrected chi connectivity index (χ4v) is 3.85. The van der Waals surface area contributed by atoms with Gasteiger partial charge >= 0.3 is 0 Å². The lowest BCUT2D eigenvalue weighted by Crippen LogP contribution is -2.49. The average Bonchev–Trinajstić information content (AvgIpc) is 2.72. The molecule has 0 aliphatic carbocycles. The van der Waals surface area contributed by atoms with E-state index >= 15 is 0 Å². The molecule has 2 saturated heterocycles. The molecule has 2 fully saturated rings. The van der Waals surface area contributed by atoms with Crippen molar-refractivity contribution in [2.24, 2.45) is 0 Å². The summed E-state index contributed by atoms with van der Waals surface area (Å²) >= 11 is 0. The van der Waals surface area contributed by atoms with Crippen molar-refractivity contribution in [3.63, 3.8) is 0 Å². The molecule has 0 amide bonds. The number of nitrogens with zero attached hydrogens (tertiary/aromatic N) is 5. The molecule has 6 heteroatoms. The topological polar surface area (TPSA) is 54.4 Å². The minimum atomic E-state index is 0.623. The summed E-state index contributed by atoms with van der Waals surface area (Å²) in [7, 11) is 0. The number of pyridine rings is 1. The van der Waals surface area contributed by atoms with Crippen LogP contribution in [0.15, 0.2) is 36.8 Å². The van der Waals surface area contributed by atoms with Gasteiger partial charge in [0.25, 0.3) is 0 Å². The lowest BCUT2D eigenvalue weighted by molar-refractivity contribution is 0.0153. The molecule has 2 aromatic heterocycles. The predicted octanol–water partition coefficient (Wildman–Crippen LogP) is 2.23. The maximum absolute atomic E-state index is 5.48. The number of likely N-dealkylation sites (tertiary alicyclic amines) is 1. The van der Waals surface area contributed by atoms with E-state index in [2.05, 4.69) is 24.8 Å². The van der Waals surface area contributed by atoms with Crippen LogP contribution >= 0.6 is 0 Å². The van der Waals surface area contributed by atoms with Crippen LogP contribution in [0.4, 0.5) is 0 Å².